The highest BCUT2D eigenvalue weighted by atomic mass is 35.5. The minimum absolute atomic E-state index is 0.646. The number of piperidine rings is 1. The van der Waals surface area contributed by atoms with Gasteiger partial charge in [-0.05, 0) is 57.6 Å². The Morgan fingerprint density at radius 1 is 1.32 bits per heavy atom. The molecular weight excluding hydrogens is 258 g/mol. The van der Waals surface area contributed by atoms with Crippen LogP contribution in [0.4, 0.5) is 5.69 Å². The van der Waals surface area contributed by atoms with Gasteiger partial charge in [-0.15, -0.1) is 0 Å². The average molecular weight is 282 g/mol. The van der Waals surface area contributed by atoms with Gasteiger partial charge in [0.05, 0.1) is 0 Å². The summed E-state index contributed by atoms with van der Waals surface area (Å²) < 4.78 is 0. The van der Waals surface area contributed by atoms with E-state index in [-0.39, 0.29) is 0 Å². The number of hydrogen-bond acceptors (Lipinski definition) is 3. The number of nitrogens with zero attached hydrogens (tertiary/aromatic N) is 2. The zero-order valence-electron chi connectivity index (χ0n) is 11.9. The Hall–Kier alpha value is -0.770. The third kappa shape index (κ3) is 3.62. The van der Waals surface area contributed by atoms with E-state index in [4.69, 9.17) is 17.3 Å². The number of nitrogens with two attached hydrogens (primary N) is 1. The third-order valence-corrected chi connectivity index (χ3v) is 4.36. The molecule has 19 heavy (non-hydrogen) atoms. The van der Waals surface area contributed by atoms with Crippen molar-refractivity contribution in [1.82, 2.24) is 4.90 Å². The molecule has 0 unspecified atom stereocenters. The normalized spacial score (nSPS) is 17.2. The maximum atomic E-state index is 6.32. The molecule has 0 bridgehead atoms. The molecule has 0 amide bonds. The second-order valence-electron chi connectivity index (χ2n) is 5.50. The first kappa shape index (κ1) is 14.6. The van der Waals surface area contributed by atoms with Gasteiger partial charge in [-0.2, -0.15) is 0 Å². The summed E-state index contributed by atoms with van der Waals surface area (Å²) in [6.45, 7) is 2.86. The molecule has 0 radical (unpaired) electrons. The van der Waals surface area contributed by atoms with Crippen molar-refractivity contribution in [2.45, 2.75) is 25.3 Å². The van der Waals surface area contributed by atoms with Gasteiger partial charge in [0, 0.05) is 29.8 Å². The van der Waals surface area contributed by atoms with Gasteiger partial charge in [0.1, 0.15) is 0 Å². The molecule has 0 saturated carbocycles. The first-order valence-electron chi connectivity index (χ1n) is 7.01. The van der Waals surface area contributed by atoms with Gasteiger partial charge in [0.25, 0.3) is 0 Å². The third-order valence-electron chi connectivity index (χ3n) is 4.01. The molecule has 3 nitrogen and oxygen atoms in total. The van der Waals surface area contributed by atoms with Crippen molar-refractivity contribution in [2.24, 2.45) is 5.73 Å². The summed E-state index contributed by atoms with van der Waals surface area (Å²) in [5.41, 5.74) is 7.97. The van der Waals surface area contributed by atoms with E-state index in [1.54, 1.807) is 0 Å². The molecule has 1 heterocycles. The molecule has 4 heteroatoms. The number of hydrogen-bond donors (Lipinski definition) is 1. The fourth-order valence-electron chi connectivity index (χ4n) is 2.73. The van der Waals surface area contributed by atoms with E-state index >= 15 is 0 Å². The van der Waals surface area contributed by atoms with Crippen molar-refractivity contribution in [3.05, 3.63) is 28.8 Å². The summed E-state index contributed by atoms with van der Waals surface area (Å²) in [5, 5.41) is 0.845. The Balaban J connectivity index is 2.01. The molecule has 1 fully saturated rings. The molecule has 1 aliphatic heterocycles. The molecule has 0 aromatic heterocycles. The largest absolute Gasteiger partial charge is 0.371 e. The van der Waals surface area contributed by atoms with E-state index in [0.29, 0.717) is 12.6 Å². The van der Waals surface area contributed by atoms with E-state index in [0.717, 1.165) is 30.1 Å². The number of benzene rings is 1. The lowest BCUT2D eigenvalue weighted by molar-refractivity contribution is 0.249. The van der Waals surface area contributed by atoms with Gasteiger partial charge in [-0.1, -0.05) is 17.7 Å². The van der Waals surface area contributed by atoms with E-state index in [9.17, 15) is 0 Å². The first-order valence-corrected chi connectivity index (χ1v) is 7.39. The fraction of sp³-hybridized carbons (Fsp3) is 0.600. The van der Waals surface area contributed by atoms with E-state index in [1.807, 2.05) is 0 Å². The second-order valence-corrected chi connectivity index (χ2v) is 5.90. The van der Waals surface area contributed by atoms with Crippen molar-refractivity contribution in [1.29, 1.82) is 0 Å². The summed E-state index contributed by atoms with van der Waals surface area (Å²) in [7, 11) is 4.33. The predicted octanol–water partition coefficient (Wildman–Crippen LogP) is 2.37. The van der Waals surface area contributed by atoms with Crippen LogP contribution in [0.15, 0.2) is 18.2 Å². The minimum atomic E-state index is 0.646. The Bertz CT molecular complexity index is 412. The van der Waals surface area contributed by atoms with Crippen LogP contribution in [0.3, 0.4) is 0 Å². The molecule has 2 rings (SSSR count). The standard InChI is InChI=1S/C15H24ClN3/c1-18(2)13-6-9-19(10-7-13)14-4-3-12(5-8-17)15(16)11-14/h3-4,11,13H,5-10,17H2,1-2H3. The lowest BCUT2D eigenvalue weighted by Crippen LogP contribution is -2.41. The van der Waals surface area contributed by atoms with E-state index < -0.39 is 0 Å². The molecule has 0 aliphatic carbocycles. The highest BCUT2D eigenvalue weighted by Crippen LogP contribution is 2.27. The van der Waals surface area contributed by atoms with E-state index in [2.05, 4.69) is 42.1 Å². The first-order chi connectivity index (χ1) is 9.11. The topological polar surface area (TPSA) is 32.5 Å². The van der Waals surface area contributed by atoms with Crippen molar-refractivity contribution in [2.75, 3.05) is 38.6 Å². The van der Waals surface area contributed by atoms with Crippen LogP contribution < -0.4 is 10.6 Å². The van der Waals surface area contributed by atoms with Crippen molar-refractivity contribution < 1.29 is 0 Å². The zero-order chi connectivity index (χ0) is 13.8. The van der Waals surface area contributed by atoms with Gasteiger partial charge < -0.3 is 15.5 Å². The van der Waals surface area contributed by atoms with Crippen molar-refractivity contribution in [3.8, 4) is 0 Å². The maximum absolute atomic E-state index is 6.32. The Labute approximate surface area is 121 Å². The summed E-state index contributed by atoms with van der Waals surface area (Å²) in [5.74, 6) is 0. The highest BCUT2D eigenvalue weighted by Gasteiger charge is 2.20. The molecule has 0 atom stereocenters. The Kier molecular flexibility index (Phi) is 5.08. The van der Waals surface area contributed by atoms with Gasteiger partial charge in [0.15, 0.2) is 0 Å². The van der Waals surface area contributed by atoms with Crippen LogP contribution in [-0.4, -0.2) is 44.7 Å². The maximum Gasteiger partial charge on any atom is 0.0459 e. The van der Waals surface area contributed by atoms with Gasteiger partial charge in [-0.25, -0.2) is 0 Å². The summed E-state index contributed by atoms with van der Waals surface area (Å²) in [4.78, 5) is 4.76. The van der Waals surface area contributed by atoms with Gasteiger partial charge in [0.2, 0.25) is 0 Å². The molecule has 1 aliphatic rings. The fourth-order valence-corrected chi connectivity index (χ4v) is 3.00. The van der Waals surface area contributed by atoms with Crippen LogP contribution in [0.25, 0.3) is 0 Å². The molecule has 1 aromatic carbocycles. The van der Waals surface area contributed by atoms with Crippen LogP contribution in [-0.2, 0) is 6.42 Å². The SMILES string of the molecule is CN(C)C1CCN(c2ccc(CCN)c(Cl)c2)CC1. The van der Waals surface area contributed by atoms with Gasteiger partial charge in [-0.3, -0.25) is 0 Å². The predicted molar refractivity (Wildman–Crippen MR) is 83.1 cm³/mol. The summed E-state index contributed by atoms with van der Waals surface area (Å²) in [6.07, 6.45) is 3.28. The summed E-state index contributed by atoms with van der Waals surface area (Å²) >= 11 is 6.32. The number of halogens is 1. The molecule has 1 saturated heterocycles. The molecule has 0 spiro atoms. The Morgan fingerprint density at radius 3 is 2.53 bits per heavy atom. The number of rotatable bonds is 4. The molecule has 106 valence electrons. The smallest absolute Gasteiger partial charge is 0.0459 e. The average Bonchev–Trinajstić information content (AvgIpc) is 2.41. The molecular formula is C15H24ClN3. The quantitative estimate of drug-likeness (QED) is 0.920. The monoisotopic (exact) mass is 281 g/mol. The lowest BCUT2D eigenvalue weighted by Gasteiger charge is -2.36. The van der Waals surface area contributed by atoms with Crippen molar-refractivity contribution in [3.63, 3.8) is 0 Å². The van der Waals surface area contributed by atoms with Crippen LogP contribution in [0.1, 0.15) is 18.4 Å². The zero-order valence-corrected chi connectivity index (χ0v) is 12.7. The Morgan fingerprint density at radius 2 is 2.00 bits per heavy atom. The summed E-state index contributed by atoms with van der Waals surface area (Å²) in [6, 6.07) is 7.08. The van der Waals surface area contributed by atoms with Crippen LogP contribution in [0.2, 0.25) is 5.02 Å². The van der Waals surface area contributed by atoms with Crippen molar-refractivity contribution >= 4 is 17.3 Å². The van der Waals surface area contributed by atoms with Gasteiger partial charge >= 0.3 is 0 Å². The van der Waals surface area contributed by atoms with Crippen LogP contribution in [0.5, 0.6) is 0 Å². The molecule has 1 aromatic rings. The highest BCUT2D eigenvalue weighted by molar-refractivity contribution is 6.31. The second kappa shape index (κ2) is 6.60. The number of anilines is 1. The van der Waals surface area contributed by atoms with Crippen LogP contribution in [0, 0.1) is 0 Å². The molecule has 2 N–H and O–H groups in total. The minimum Gasteiger partial charge on any atom is -0.371 e. The lowest BCUT2D eigenvalue weighted by atomic mass is 10.0. The van der Waals surface area contributed by atoms with Crippen LogP contribution >= 0.6 is 11.6 Å². The van der Waals surface area contributed by atoms with E-state index in [1.165, 1.54) is 18.5 Å².